The molecule has 1 saturated heterocycles. The maximum atomic E-state index is 5.83. The van der Waals surface area contributed by atoms with Gasteiger partial charge in [-0.1, -0.05) is 43.2 Å². The van der Waals surface area contributed by atoms with Crippen molar-refractivity contribution in [3.05, 3.63) is 35.9 Å². The van der Waals surface area contributed by atoms with E-state index < -0.39 is 0 Å². The summed E-state index contributed by atoms with van der Waals surface area (Å²) >= 11 is 0. The van der Waals surface area contributed by atoms with Crippen molar-refractivity contribution < 1.29 is 4.74 Å². The summed E-state index contributed by atoms with van der Waals surface area (Å²) in [6, 6.07) is 12.1. The molecule has 1 saturated carbocycles. The van der Waals surface area contributed by atoms with E-state index in [-0.39, 0.29) is 0 Å². The minimum atomic E-state index is 0.424. The second-order valence-corrected chi connectivity index (χ2v) is 6.41. The van der Waals surface area contributed by atoms with Crippen LogP contribution in [0, 0.1) is 0 Å². The molecule has 1 N–H and O–H groups in total. The molecule has 2 fully saturated rings. The Kier molecular flexibility index (Phi) is 4.74. The smallest absolute Gasteiger partial charge is 0.0726 e. The molecule has 4 atom stereocenters. The standard InChI is InChI=1S/C18H27NO/c1-14(18-12-7-13-20-18)19-17-11-6-5-10-16(17)15-8-3-2-4-9-15/h2-4,8-9,14,16-19H,5-7,10-13H2,1H3. The van der Waals surface area contributed by atoms with Crippen molar-refractivity contribution in [1.29, 1.82) is 0 Å². The first kappa shape index (κ1) is 14.1. The minimum Gasteiger partial charge on any atom is -0.377 e. The molecule has 20 heavy (non-hydrogen) atoms. The van der Waals surface area contributed by atoms with Gasteiger partial charge in [0.25, 0.3) is 0 Å². The molecule has 3 rings (SSSR count). The SMILES string of the molecule is CC(NC1CCCCC1c1ccccc1)C1CCCO1. The van der Waals surface area contributed by atoms with Gasteiger partial charge in [0.15, 0.2) is 0 Å². The van der Waals surface area contributed by atoms with Crippen LogP contribution >= 0.6 is 0 Å². The molecule has 2 aliphatic rings. The Hall–Kier alpha value is -0.860. The summed E-state index contributed by atoms with van der Waals surface area (Å²) in [4.78, 5) is 0. The largest absolute Gasteiger partial charge is 0.377 e. The van der Waals surface area contributed by atoms with Crippen molar-refractivity contribution in [2.24, 2.45) is 0 Å². The Morgan fingerprint density at radius 2 is 1.85 bits per heavy atom. The van der Waals surface area contributed by atoms with Gasteiger partial charge >= 0.3 is 0 Å². The van der Waals surface area contributed by atoms with Crippen LogP contribution in [0.1, 0.15) is 56.9 Å². The summed E-state index contributed by atoms with van der Waals surface area (Å²) in [5.41, 5.74) is 1.50. The molecule has 4 unspecified atom stereocenters. The predicted molar refractivity (Wildman–Crippen MR) is 83.0 cm³/mol. The van der Waals surface area contributed by atoms with Crippen molar-refractivity contribution in [3.8, 4) is 0 Å². The Balaban J connectivity index is 1.66. The number of ether oxygens (including phenoxy) is 1. The first-order valence-corrected chi connectivity index (χ1v) is 8.27. The number of benzene rings is 1. The molecule has 1 aromatic rings. The van der Waals surface area contributed by atoms with Crippen LogP contribution in [-0.4, -0.2) is 24.8 Å². The zero-order chi connectivity index (χ0) is 13.8. The molecule has 2 nitrogen and oxygen atoms in total. The van der Waals surface area contributed by atoms with Crippen molar-refractivity contribution in [1.82, 2.24) is 5.32 Å². The van der Waals surface area contributed by atoms with Gasteiger partial charge in [-0.3, -0.25) is 0 Å². The van der Waals surface area contributed by atoms with Gasteiger partial charge in [-0.05, 0) is 44.1 Å². The highest BCUT2D eigenvalue weighted by Crippen LogP contribution is 2.33. The highest BCUT2D eigenvalue weighted by atomic mass is 16.5. The van der Waals surface area contributed by atoms with E-state index in [4.69, 9.17) is 4.74 Å². The molecule has 0 bridgehead atoms. The molecule has 110 valence electrons. The molecule has 0 aromatic heterocycles. The summed E-state index contributed by atoms with van der Waals surface area (Å²) in [5.74, 6) is 0.675. The topological polar surface area (TPSA) is 21.3 Å². The highest BCUT2D eigenvalue weighted by molar-refractivity contribution is 5.22. The van der Waals surface area contributed by atoms with Gasteiger partial charge in [0.1, 0.15) is 0 Å². The lowest BCUT2D eigenvalue weighted by molar-refractivity contribution is 0.0760. The number of rotatable bonds is 4. The van der Waals surface area contributed by atoms with E-state index in [1.165, 1.54) is 44.1 Å². The van der Waals surface area contributed by atoms with Crippen LogP contribution in [0.15, 0.2) is 30.3 Å². The third-order valence-electron chi connectivity index (χ3n) is 4.99. The van der Waals surface area contributed by atoms with Crippen molar-refractivity contribution in [2.45, 2.75) is 69.6 Å². The summed E-state index contributed by atoms with van der Waals surface area (Å²) in [7, 11) is 0. The van der Waals surface area contributed by atoms with E-state index in [9.17, 15) is 0 Å². The number of hydrogen-bond acceptors (Lipinski definition) is 2. The molecule has 1 aliphatic heterocycles. The molecule has 1 aliphatic carbocycles. The van der Waals surface area contributed by atoms with E-state index >= 15 is 0 Å². The van der Waals surface area contributed by atoms with Gasteiger partial charge in [-0.15, -0.1) is 0 Å². The van der Waals surface area contributed by atoms with Crippen LogP contribution < -0.4 is 5.32 Å². The quantitative estimate of drug-likeness (QED) is 0.899. The lowest BCUT2D eigenvalue weighted by atomic mass is 9.79. The van der Waals surface area contributed by atoms with Crippen LogP contribution in [0.5, 0.6) is 0 Å². The summed E-state index contributed by atoms with van der Waals surface area (Å²) in [6.07, 6.45) is 8.22. The van der Waals surface area contributed by atoms with E-state index in [2.05, 4.69) is 42.6 Å². The molecule has 0 amide bonds. The first-order valence-electron chi connectivity index (χ1n) is 8.27. The first-order chi connectivity index (χ1) is 9.84. The van der Waals surface area contributed by atoms with Gasteiger partial charge in [0.05, 0.1) is 6.10 Å². The third-order valence-corrected chi connectivity index (χ3v) is 4.99. The van der Waals surface area contributed by atoms with E-state index in [0.717, 1.165) is 6.61 Å². The van der Waals surface area contributed by atoms with Crippen LogP contribution in [0.3, 0.4) is 0 Å². The van der Waals surface area contributed by atoms with Gasteiger partial charge in [-0.25, -0.2) is 0 Å². The zero-order valence-electron chi connectivity index (χ0n) is 12.6. The highest BCUT2D eigenvalue weighted by Gasteiger charge is 2.30. The lowest BCUT2D eigenvalue weighted by Gasteiger charge is -2.36. The van der Waals surface area contributed by atoms with Gasteiger partial charge < -0.3 is 10.1 Å². The third kappa shape index (κ3) is 3.24. The van der Waals surface area contributed by atoms with E-state index in [1.54, 1.807) is 0 Å². The summed E-state index contributed by atoms with van der Waals surface area (Å²) in [6.45, 7) is 3.25. The maximum Gasteiger partial charge on any atom is 0.0726 e. The molecule has 1 aromatic carbocycles. The molecule has 0 radical (unpaired) electrons. The molecular formula is C18H27NO. The Morgan fingerprint density at radius 3 is 2.60 bits per heavy atom. The van der Waals surface area contributed by atoms with Gasteiger partial charge in [0.2, 0.25) is 0 Å². The molecular weight excluding hydrogens is 246 g/mol. The van der Waals surface area contributed by atoms with Crippen LogP contribution in [-0.2, 0) is 4.74 Å². The van der Waals surface area contributed by atoms with Crippen molar-refractivity contribution in [2.75, 3.05) is 6.61 Å². The van der Waals surface area contributed by atoms with Gasteiger partial charge in [-0.2, -0.15) is 0 Å². The average molecular weight is 273 g/mol. The monoisotopic (exact) mass is 273 g/mol. The average Bonchev–Trinajstić information content (AvgIpc) is 3.03. The predicted octanol–water partition coefficient (Wildman–Crippen LogP) is 3.87. The fourth-order valence-electron chi connectivity index (χ4n) is 3.87. The minimum absolute atomic E-state index is 0.424. The molecule has 1 heterocycles. The Labute approximate surface area is 122 Å². The second kappa shape index (κ2) is 6.73. The van der Waals surface area contributed by atoms with E-state index in [1.807, 2.05) is 0 Å². The Bertz CT molecular complexity index is 399. The van der Waals surface area contributed by atoms with Crippen molar-refractivity contribution in [3.63, 3.8) is 0 Å². The maximum absolute atomic E-state index is 5.83. The molecule has 0 spiro atoms. The fraction of sp³-hybridized carbons (Fsp3) is 0.667. The summed E-state index contributed by atoms with van der Waals surface area (Å²) in [5, 5.41) is 3.88. The second-order valence-electron chi connectivity index (χ2n) is 6.41. The summed E-state index contributed by atoms with van der Waals surface area (Å²) < 4.78 is 5.83. The Morgan fingerprint density at radius 1 is 1.05 bits per heavy atom. The number of nitrogens with one attached hydrogen (secondary N) is 1. The fourth-order valence-corrected chi connectivity index (χ4v) is 3.87. The van der Waals surface area contributed by atoms with Crippen LogP contribution in [0.4, 0.5) is 0 Å². The van der Waals surface area contributed by atoms with E-state index in [0.29, 0.717) is 24.1 Å². The van der Waals surface area contributed by atoms with Crippen molar-refractivity contribution >= 4 is 0 Å². The zero-order valence-corrected chi connectivity index (χ0v) is 12.6. The normalized spacial score (nSPS) is 32.1. The van der Waals surface area contributed by atoms with Gasteiger partial charge in [0, 0.05) is 18.7 Å². The lowest BCUT2D eigenvalue weighted by Crippen LogP contribution is -2.47. The van der Waals surface area contributed by atoms with Crippen LogP contribution in [0.25, 0.3) is 0 Å². The number of hydrogen-bond donors (Lipinski definition) is 1. The molecule has 2 heteroatoms. The van der Waals surface area contributed by atoms with Crippen LogP contribution in [0.2, 0.25) is 0 Å².